The van der Waals surface area contributed by atoms with Crippen LogP contribution in [0, 0.1) is 5.92 Å². The third kappa shape index (κ3) is 6.08. The number of nitrogens with one attached hydrogen (secondary N) is 2. The molecule has 1 rings (SSSR count). The molecule has 0 aromatic heterocycles. The van der Waals surface area contributed by atoms with Crippen molar-refractivity contribution in [2.24, 2.45) is 5.92 Å². The highest BCUT2D eigenvalue weighted by Gasteiger charge is 2.32. The Kier molecular flexibility index (Phi) is 5.59. The Morgan fingerprint density at radius 2 is 1.84 bits per heavy atom. The van der Waals surface area contributed by atoms with Crippen molar-refractivity contribution in [1.82, 2.24) is 15.5 Å². The number of aliphatic carboxylic acids is 1. The highest BCUT2D eigenvalue weighted by Crippen LogP contribution is 2.27. The maximum absolute atomic E-state index is 11.9. The topological polar surface area (TPSA) is 98.7 Å². The molecule has 19 heavy (non-hydrogen) atoms. The summed E-state index contributed by atoms with van der Waals surface area (Å²) < 4.78 is 0. The minimum atomic E-state index is -1.11. The van der Waals surface area contributed by atoms with Gasteiger partial charge in [-0.2, -0.15) is 0 Å². The molecule has 3 N–H and O–H groups in total. The summed E-state index contributed by atoms with van der Waals surface area (Å²) in [7, 11) is 0. The number of rotatable bonds is 7. The number of carboxylic acids is 1. The fourth-order valence-electron chi connectivity index (χ4n) is 1.67. The zero-order valence-corrected chi connectivity index (χ0v) is 11.3. The molecule has 0 aliphatic heterocycles. The Bertz CT molecular complexity index is 353. The van der Waals surface area contributed by atoms with Crippen molar-refractivity contribution in [3.05, 3.63) is 0 Å². The van der Waals surface area contributed by atoms with E-state index in [1.54, 1.807) is 4.90 Å². The summed E-state index contributed by atoms with van der Waals surface area (Å²) in [6.07, 6.45) is 2.01. The molecule has 7 heteroatoms. The lowest BCUT2D eigenvalue weighted by Crippen LogP contribution is -2.47. The first kappa shape index (κ1) is 15.3. The van der Waals surface area contributed by atoms with Gasteiger partial charge in [0.2, 0.25) is 5.91 Å². The predicted molar refractivity (Wildman–Crippen MR) is 68.6 cm³/mol. The Balaban J connectivity index is 2.31. The molecule has 3 amide bonds. The second-order valence-electron chi connectivity index (χ2n) is 5.11. The molecule has 0 unspecified atom stereocenters. The van der Waals surface area contributed by atoms with E-state index in [1.807, 2.05) is 13.8 Å². The summed E-state index contributed by atoms with van der Waals surface area (Å²) in [6.45, 7) is 4.08. The third-order valence-electron chi connectivity index (χ3n) is 2.65. The SMILES string of the molecule is CC(C)CN(C(=O)NCC(=O)NCC(=O)O)C1CC1. The number of hydrogen-bond donors (Lipinski definition) is 3. The van der Waals surface area contributed by atoms with Gasteiger partial charge in [-0.1, -0.05) is 13.8 Å². The van der Waals surface area contributed by atoms with Gasteiger partial charge in [-0.25, -0.2) is 4.79 Å². The lowest BCUT2D eigenvalue weighted by Gasteiger charge is -2.24. The summed E-state index contributed by atoms with van der Waals surface area (Å²) in [5, 5.41) is 13.1. The molecule has 0 heterocycles. The maximum atomic E-state index is 11.9. The van der Waals surface area contributed by atoms with Gasteiger partial charge in [0, 0.05) is 12.6 Å². The largest absolute Gasteiger partial charge is 0.480 e. The molecular weight excluding hydrogens is 250 g/mol. The molecule has 1 fully saturated rings. The molecule has 0 bridgehead atoms. The van der Waals surface area contributed by atoms with Gasteiger partial charge in [-0.3, -0.25) is 9.59 Å². The molecule has 0 atom stereocenters. The van der Waals surface area contributed by atoms with Gasteiger partial charge < -0.3 is 20.6 Å². The minimum absolute atomic E-state index is 0.201. The van der Waals surface area contributed by atoms with Gasteiger partial charge >= 0.3 is 12.0 Å². The van der Waals surface area contributed by atoms with Crippen LogP contribution < -0.4 is 10.6 Å². The van der Waals surface area contributed by atoms with Crippen LogP contribution in [-0.4, -0.2) is 53.6 Å². The van der Waals surface area contributed by atoms with Crippen LogP contribution in [0.25, 0.3) is 0 Å². The van der Waals surface area contributed by atoms with E-state index in [2.05, 4.69) is 10.6 Å². The van der Waals surface area contributed by atoms with Crippen molar-refractivity contribution in [3.63, 3.8) is 0 Å². The Morgan fingerprint density at radius 1 is 1.21 bits per heavy atom. The predicted octanol–water partition coefficient (Wildman–Crippen LogP) is 0.0172. The van der Waals surface area contributed by atoms with E-state index in [4.69, 9.17) is 5.11 Å². The van der Waals surface area contributed by atoms with E-state index in [0.717, 1.165) is 12.8 Å². The molecule has 1 aliphatic rings. The van der Waals surface area contributed by atoms with E-state index < -0.39 is 18.4 Å². The molecule has 108 valence electrons. The Morgan fingerprint density at radius 3 is 2.32 bits per heavy atom. The van der Waals surface area contributed by atoms with Crippen LogP contribution >= 0.6 is 0 Å². The minimum Gasteiger partial charge on any atom is -0.480 e. The highest BCUT2D eigenvalue weighted by atomic mass is 16.4. The van der Waals surface area contributed by atoms with E-state index in [0.29, 0.717) is 12.5 Å². The molecule has 0 aromatic carbocycles. The smallest absolute Gasteiger partial charge is 0.322 e. The van der Waals surface area contributed by atoms with Gasteiger partial charge in [0.15, 0.2) is 0 Å². The number of carboxylic acid groups (broad SMARTS) is 1. The maximum Gasteiger partial charge on any atom is 0.322 e. The lowest BCUT2D eigenvalue weighted by atomic mass is 10.2. The first-order chi connectivity index (χ1) is 8.90. The van der Waals surface area contributed by atoms with Crippen molar-refractivity contribution in [3.8, 4) is 0 Å². The average Bonchev–Trinajstić information content (AvgIpc) is 3.14. The zero-order chi connectivity index (χ0) is 14.4. The van der Waals surface area contributed by atoms with Crippen molar-refractivity contribution in [1.29, 1.82) is 0 Å². The lowest BCUT2D eigenvalue weighted by molar-refractivity contribution is -0.137. The van der Waals surface area contributed by atoms with Crippen LogP contribution in [0.5, 0.6) is 0 Å². The Labute approximate surface area is 112 Å². The summed E-state index contributed by atoms with van der Waals surface area (Å²) in [5.41, 5.74) is 0. The van der Waals surface area contributed by atoms with Crippen LogP contribution in [0.4, 0.5) is 4.79 Å². The monoisotopic (exact) mass is 271 g/mol. The van der Waals surface area contributed by atoms with Crippen molar-refractivity contribution in [2.45, 2.75) is 32.7 Å². The number of urea groups is 1. The van der Waals surface area contributed by atoms with Crippen LogP contribution in [0.3, 0.4) is 0 Å². The summed E-state index contributed by atoms with van der Waals surface area (Å²) in [6, 6.07) is 0.0196. The van der Waals surface area contributed by atoms with Crippen LogP contribution in [-0.2, 0) is 9.59 Å². The second kappa shape index (κ2) is 6.96. The summed E-state index contributed by atoms with van der Waals surface area (Å²) in [4.78, 5) is 35.2. The van der Waals surface area contributed by atoms with Gasteiger partial charge in [0.1, 0.15) is 6.54 Å². The van der Waals surface area contributed by atoms with Crippen LogP contribution in [0.1, 0.15) is 26.7 Å². The number of carbonyl (C=O) groups excluding carboxylic acids is 2. The van der Waals surface area contributed by atoms with Crippen LogP contribution in [0.15, 0.2) is 0 Å². The number of carbonyl (C=O) groups is 3. The number of hydrogen-bond acceptors (Lipinski definition) is 3. The molecule has 0 aromatic rings. The van der Waals surface area contributed by atoms with E-state index in [-0.39, 0.29) is 18.6 Å². The van der Waals surface area contributed by atoms with E-state index >= 15 is 0 Å². The van der Waals surface area contributed by atoms with E-state index in [9.17, 15) is 14.4 Å². The molecule has 0 saturated heterocycles. The Hall–Kier alpha value is -1.79. The number of nitrogens with zero attached hydrogens (tertiary/aromatic N) is 1. The zero-order valence-electron chi connectivity index (χ0n) is 11.3. The quantitative estimate of drug-likeness (QED) is 0.607. The fraction of sp³-hybridized carbons (Fsp3) is 0.750. The molecule has 1 aliphatic carbocycles. The normalized spacial score (nSPS) is 14.1. The molecule has 1 saturated carbocycles. The third-order valence-corrected chi connectivity index (χ3v) is 2.65. The van der Waals surface area contributed by atoms with Gasteiger partial charge in [-0.15, -0.1) is 0 Å². The molecule has 7 nitrogen and oxygen atoms in total. The van der Waals surface area contributed by atoms with E-state index in [1.165, 1.54) is 0 Å². The first-order valence-electron chi connectivity index (χ1n) is 6.43. The van der Waals surface area contributed by atoms with Gasteiger partial charge in [0.25, 0.3) is 0 Å². The van der Waals surface area contributed by atoms with Crippen molar-refractivity contribution < 1.29 is 19.5 Å². The second-order valence-corrected chi connectivity index (χ2v) is 5.11. The van der Waals surface area contributed by atoms with Gasteiger partial charge in [-0.05, 0) is 18.8 Å². The van der Waals surface area contributed by atoms with Gasteiger partial charge in [0.05, 0.1) is 6.54 Å². The molecular formula is C12H21N3O4. The number of amides is 3. The van der Waals surface area contributed by atoms with Crippen molar-refractivity contribution in [2.75, 3.05) is 19.6 Å². The standard InChI is InChI=1S/C12H21N3O4/c1-8(2)7-15(9-3-4-9)12(19)14-5-10(16)13-6-11(17)18/h8-9H,3-7H2,1-2H3,(H,13,16)(H,14,19)(H,17,18). The first-order valence-corrected chi connectivity index (χ1v) is 6.43. The molecule has 0 spiro atoms. The average molecular weight is 271 g/mol. The fourth-order valence-corrected chi connectivity index (χ4v) is 1.67. The van der Waals surface area contributed by atoms with Crippen LogP contribution in [0.2, 0.25) is 0 Å². The highest BCUT2D eigenvalue weighted by molar-refractivity contribution is 5.86. The van der Waals surface area contributed by atoms with Crippen molar-refractivity contribution >= 4 is 17.9 Å². The summed E-state index contributed by atoms with van der Waals surface area (Å²) in [5.74, 6) is -1.25. The molecule has 0 radical (unpaired) electrons. The summed E-state index contributed by atoms with van der Waals surface area (Å²) >= 11 is 0.